The number of carbonyl (C=O) groups excluding carboxylic acids is 1. The summed E-state index contributed by atoms with van der Waals surface area (Å²) in [5, 5.41) is 0.864. The van der Waals surface area contributed by atoms with Gasteiger partial charge in [0.25, 0.3) is 0 Å². The maximum Gasteiger partial charge on any atom is 0.151 e. The fraction of sp³-hybridized carbons (Fsp3) is 0.741. The van der Waals surface area contributed by atoms with Crippen molar-refractivity contribution in [3.05, 3.63) is 34.3 Å². The Balaban J connectivity index is 1.86. The number of carbonyl (C=O) groups is 1. The summed E-state index contributed by atoms with van der Waals surface area (Å²) in [4.78, 5) is 15.2. The first-order chi connectivity index (χ1) is 14.6. The molecule has 1 aliphatic carbocycles. The molecular formula is C27H44ClNO. The van der Waals surface area contributed by atoms with Gasteiger partial charge in [-0.2, -0.15) is 0 Å². The number of hydrogen-bond donors (Lipinski definition) is 0. The fourth-order valence-electron chi connectivity index (χ4n) is 4.75. The van der Waals surface area contributed by atoms with Crippen molar-refractivity contribution in [3.8, 4) is 0 Å². The van der Waals surface area contributed by atoms with Crippen LogP contribution in [0.4, 0.5) is 0 Å². The molecule has 170 valence electrons. The van der Waals surface area contributed by atoms with Crippen molar-refractivity contribution >= 4 is 17.4 Å². The first kappa shape index (κ1) is 25.4. The van der Waals surface area contributed by atoms with Crippen LogP contribution in [0.1, 0.15) is 114 Å². The quantitative estimate of drug-likeness (QED) is 0.261. The van der Waals surface area contributed by atoms with Crippen LogP contribution in [0.2, 0.25) is 5.02 Å². The van der Waals surface area contributed by atoms with Gasteiger partial charge in [-0.25, -0.2) is 0 Å². The lowest BCUT2D eigenvalue weighted by atomic mass is 9.83. The molecule has 0 aliphatic heterocycles. The molecule has 1 aromatic rings. The number of nitrogens with zero attached hydrogens (tertiary/aromatic N) is 1. The van der Waals surface area contributed by atoms with E-state index in [1.54, 1.807) is 0 Å². The van der Waals surface area contributed by atoms with Gasteiger partial charge in [0.1, 0.15) is 0 Å². The molecule has 30 heavy (non-hydrogen) atoms. The third-order valence-corrected chi connectivity index (χ3v) is 6.89. The molecule has 0 heterocycles. The molecule has 0 unspecified atom stereocenters. The molecule has 0 spiro atoms. The van der Waals surface area contributed by atoms with Crippen LogP contribution in [0, 0.1) is 0 Å². The van der Waals surface area contributed by atoms with E-state index in [4.69, 9.17) is 11.6 Å². The summed E-state index contributed by atoms with van der Waals surface area (Å²) in [5.74, 6) is 0.931. The number of Topliss-reactive ketones (excluding diaryl/α,β-unsaturated/α-hetero) is 1. The molecule has 1 aliphatic rings. The van der Waals surface area contributed by atoms with Crippen LogP contribution >= 0.6 is 11.6 Å². The van der Waals surface area contributed by atoms with Crippen LogP contribution in [-0.2, 0) is 11.2 Å². The largest absolute Gasteiger partial charge is 0.298 e. The number of benzene rings is 1. The maximum atomic E-state index is 12.8. The van der Waals surface area contributed by atoms with Crippen molar-refractivity contribution in [1.82, 2.24) is 4.90 Å². The van der Waals surface area contributed by atoms with Crippen molar-refractivity contribution in [2.45, 2.75) is 110 Å². The van der Waals surface area contributed by atoms with E-state index in [-0.39, 0.29) is 0 Å². The van der Waals surface area contributed by atoms with Gasteiger partial charge in [-0.1, -0.05) is 95.4 Å². The first-order valence-electron chi connectivity index (χ1n) is 12.7. The van der Waals surface area contributed by atoms with Crippen LogP contribution in [-0.4, -0.2) is 30.3 Å². The van der Waals surface area contributed by atoms with Crippen molar-refractivity contribution < 1.29 is 4.79 Å². The summed E-state index contributed by atoms with van der Waals surface area (Å²) < 4.78 is 0. The van der Waals surface area contributed by atoms with Crippen LogP contribution in [0.25, 0.3) is 0 Å². The van der Waals surface area contributed by atoms with E-state index in [1.165, 1.54) is 89.0 Å². The topological polar surface area (TPSA) is 20.3 Å². The van der Waals surface area contributed by atoms with E-state index in [0.29, 0.717) is 24.7 Å². The van der Waals surface area contributed by atoms with E-state index in [0.717, 1.165) is 23.7 Å². The number of hydrogen-bond acceptors (Lipinski definition) is 2. The number of rotatable bonds is 15. The van der Waals surface area contributed by atoms with Gasteiger partial charge in [0.2, 0.25) is 0 Å². The summed E-state index contributed by atoms with van der Waals surface area (Å²) in [5.41, 5.74) is 2.36. The van der Waals surface area contributed by atoms with E-state index in [9.17, 15) is 4.79 Å². The van der Waals surface area contributed by atoms with Crippen molar-refractivity contribution in [3.63, 3.8) is 0 Å². The van der Waals surface area contributed by atoms with Crippen molar-refractivity contribution in [1.29, 1.82) is 0 Å². The van der Waals surface area contributed by atoms with Crippen molar-refractivity contribution in [2.75, 3.05) is 19.6 Å². The van der Waals surface area contributed by atoms with E-state index < -0.39 is 0 Å². The summed E-state index contributed by atoms with van der Waals surface area (Å²) in [6.07, 6.45) is 17.1. The molecule has 2 rings (SSSR count). The Bertz CT molecular complexity index is 597. The van der Waals surface area contributed by atoms with Gasteiger partial charge in [-0.3, -0.25) is 9.69 Å². The number of ketones is 1. The zero-order chi connectivity index (χ0) is 21.6. The predicted molar refractivity (Wildman–Crippen MR) is 131 cm³/mol. The Morgan fingerprint density at radius 2 is 1.57 bits per heavy atom. The maximum absolute atomic E-state index is 12.8. The lowest BCUT2D eigenvalue weighted by Gasteiger charge is -2.23. The smallest absolute Gasteiger partial charge is 0.151 e. The Labute approximate surface area is 190 Å². The molecule has 0 atom stereocenters. The van der Waals surface area contributed by atoms with Crippen LogP contribution in [0.15, 0.2) is 18.2 Å². The minimum absolute atomic E-state index is 0.322. The normalized spacial score (nSPS) is 15.1. The average Bonchev–Trinajstić information content (AvgIpc) is 2.74. The fourth-order valence-corrected chi connectivity index (χ4v) is 5.11. The Morgan fingerprint density at radius 1 is 0.933 bits per heavy atom. The van der Waals surface area contributed by atoms with Crippen LogP contribution in [0.5, 0.6) is 0 Å². The molecule has 1 saturated carbocycles. The predicted octanol–water partition coefficient (Wildman–Crippen LogP) is 7.96. The van der Waals surface area contributed by atoms with Crippen LogP contribution < -0.4 is 0 Å². The molecule has 0 bridgehead atoms. The summed E-state index contributed by atoms with van der Waals surface area (Å²) in [6.45, 7) is 7.19. The molecular weight excluding hydrogens is 390 g/mol. The molecule has 2 nitrogen and oxygen atoms in total. The van der Waals surface area contributed by atoms with Gasteiger partial charge in [0.05, 0.1) is 6.54 Å². The summed E-state index contributed by atoms with van der Waals surface area (Å²) in [7, 11) is 0. The molecule has 0 N–H and O–H groups in total. The second kappa shape index (κ2) is 15.0. The molecule has 0 aromatic heterocycles. The lowest BCUT2D eigenvalue weighted by molar-refractivity contribution is -0.119. The van der Waals surface area contributed by atoms with Gasteiger partial charge in [0.15, 0.2) is 5.78 Å². The number of unbranched alkanes of at least 4 members (excludes halogenated alkanes) is 6. The molecule has 1 fully saturated rings. The van der Waals surface area contributed by atoms with Gasteiger partial charge in [0, 0.05) is 11.4 Å². The average molecular weight is 434 g/mol. The highest BCUT2D eigenvalue weighted by Gasteiger charge is 2.19. The monoisotopic (exact) mass is 433 g/mol. The van der Waals surface area contributed by atoms with Gasteiger partial charge in [-0.05, 0) is 61.9 Å². The zero-order valence-corrected chi connectivity index (χ0v) is 20.3. The zero-order valence-electron chi connectivity index (χ0n) is 19.6. The van der Waals surface area contributed by atoms with E-state index in [1.807, 2.05) is 0 Å². The standard InChI is InChI=1S/C27H44ClNO/c1-3-5-7-12-18-29(19-13-8-6-4-2)22-25(30)20-23-16-17-26(27(28)21-23)24-14-10-9-11-15-24/h16-17,21,24H,3-15,18-20,22H2,1-2H3. The molecule has 0 radical (unpaired) electrons. The molecule has 0 amide bonds. The third-order valence-electron chi connectivity index (χ3n) is 6.57. The van der Waals surface area contributed by atoms with E-state index in [2.05, 4.69) is 36.9 Å². The highest BCUT2D eigenvalue weighted by atomic mass is 35.5. The molecule has 0 saturated heterocycles. The number of halogens is 1. The summed E-state index contributed by atoms with van der Waals surface area (Å²) >= 11 is 6.63. The SMILES string of the molecule is CCCCCCN(CCCCCC)CC(=O)Cc1ccc(C2CCCCC2)c(Cl)c1. The highest BCUT2D eigenvalue weighted by molar-refractivity contribution is 6.31. The van der Waals surface area contributed by atoms with E-state index >= 15 is 0 Å². The Hall–Kier alpha value is -0.860. The first-order valence-corrected chi connectivity index (χ1v) is 13.0. The van der Waals surface area contributed by atoms with Gasteiger partial charge < -0.3 is 0 Å². The summed E-state index contributed by atoms with van der Waals surface area (Å²) in [6, 6.07) is 6.38. The van der Waals surface area contributed by atoms with Crippen molar-refractivity contribution in [2.24, 2.45) is 0 Å². The minimum Gasteiger partial charge on any atom is -0.298 e. The second-order valence-corrected chi connectivity index (χ2v) is 9.71. The Morgan fingerprint density at radius 3 is 2.13 bits per heavy atom. The molecule has 3 heteroatoms. The third kappa shape index (κ3) is 9.52. The Kier molecular flexibility index (Phi) is 12.7. The molecule has 1 aromatic carbocycles. The highest BCUT2D eigenvalue weighted by Crippen LogP contribution is 2.36. The minimum atomic E-state index is 0.322. The lowest BCUT2D eigenvalue weighted by Crippen LogP contribution is -2.32. The second-order valence-electron chi connectivity index (χ2n) is 9.30. The van der Waals surface area contributed by atoms with Crippen LogP contribution in [0.3, 0.4) is 0 Å². The van der Waals surface area contributed by atoms with Gasteiger partial charge >= 0.3 is 0 Å². The van der Waals surface area contributed by atoms with Gasteiger partial charge in [-0.15, -0.1) is 0 Å².